The number of halogens is 1. The van der Waals surface area contributed by atoms with Crippen LogP contribution in [0.4, 0.5) is 0 Å². The number of carbonyl (C=O) groups is 2. The van der Waals surface area contributed by atoms with Crippen LogP contribution in [-0.2, 0) is 14.3 Å². The topological polar surface area (TPSA) is 46.6 Å². The Kier molecular flexibility index (Phi) is 6.85. The standard InChI is InChI=1S/C16H20BrNO3S2/c1-10-7-13(11(2)6-12(10)17)23-9-15(19)18-4-5-22-14(8-18)16(20)21-3/h6-7,14H,4-5,8-9H2,1-3H3/t14-/m1/s1. The largest absolute Gasteiger partial charge is 0.468 e. The molecule has 1 aromatic carbocycles. The van der Waals surface area contributed by atoms with E-state index in [9.17, 15) is 9.59 Å². The van der Waals surface area contributed by atoms with Gasteiger partial charge >= 0.3 is 5.97 Å². The third-order valence-electron chi connectivity index (χ3n) is 3.69. The van der Waals surface area contributed by atoms with Crippen LogP contribution in [0, 0.1) is 13.8 Å². The molecule has 1 saturated heterocycles. The van der Waals surface area contributed by atoms with Crippen LogP contribution >= 0.6 is 39.5 Å². The molecule has 0 spiro atoms. The molecule has 1 amide bonds. The van der Waals surface area contributed by atoms with Gasteiger partial charge in [0.05, 0.1) is 12.9 Å². The highest BCUT2D eigenvalue weighted by Crippen LogP contribution is 2.29. The van der Waals surface area contributed by atoms with E-state index in [1.165, 1.54) is 7.11 Å². The molecule has 1 aliphatic rings. The summed E-state index contributed by atoms with van der Waals surface area (Å²) in [5.41, 5.74) is 2.31. The highest BCUT2D eigenvalue weighted by molar-refractivity contribution is 9.10. The van der Waals surface area contributed by atoms with Crippen molar-refractivity contribution in [2.75, 3.05) is 31.7 Å². The van der Waals surface area contributed by atoms with Gasteiger partial charge in [-0.05, 0) is 37.1 Å². The second-order valence-electron chi connectivity index (χ2n) is 5.38. The second kappa shape index (κ2) is 8.44. The zero-order valence-corrected chi connectivity index (χ0v) is 16.6. The van der Waals surface area contributed by atoms with Crippen molar-refractivity contribution in [1.82, 2.24) is 4.90 Å². The molecule has 1 atom stereocenters. The monoisotopic (exact) mass is 417 g/mol. The zero-order chi connectivity index (χ0) is 17.0. The maximum Gasteiger partial charge on any atom is 0.320 e. The molecular weight excluding hydrogens is 398 g/mol. The Bertz CT molecular complexity index is 609. The summed E-state index contributed by atoms with van der Waals surface area (Å²) in [6.07, 6.45) is 0. The number of methoxy groups -OCH3 is 1. The molecule has 0 aromatic heterocycles. The van der Waals surface area contributed by atoms with Gasteiger partial charge in [-0.25, -0.2) is 0 Å². The fourth-order valence-electron chi connectivity index (χ4n) is 2.29. The van der Waals surface area contributed by atoms with Gasteiger partial charge in [0, 0.05) is 28.2 Å². The Morgan fingerprint density at radius 1 is 1.39 bits per heavy atom. The fourth-order valence-corrected chi connectivity index (χ4v) is 4.88. The fraction of sp³-hybridized carbons (Fsp3) is 0.500. The number of ether oxygens (including phenoxy) is 1. The molecule has 126 valence electrons. The number of aryl methyl sites for hydroxylation is 2. The summed E-state index contributed by atoms with van der Waals surface area (Å²) in [5, 5.41) is -0.264. The number of thioether (sulfide) groups is 2. The third-order valence-corrected chi connectivity index (χ3v) is 6.85. The number of hydrogen-bond acceptors (Lipinski definition) is 5. The van der Waals surface area contributed by atoms with Crippen molar-refractivity contribution in [3.63, 3.8) is 0 Å². The minimum Gasteiger partial charge on any atom is -0.468 e. The van der Waals surface area contributed by atoms with E-state index >= 15 is 0 Å². The molecule has 0 radical (unpaired) electrons. The quantitative estimate of drug-likeness (QED) is 0.555. The van der Waals surface area contributed by atoms with Gasteiger partial charge in [-0.1, -0.05) is 15.9 Å². The SMILES string of the molecule is COC(=O)[C@H]1CN(C(=O)CSc2cc(C)c(Br)cc2C)CCS1. The summed E-state index contributed by atoms with van der Waals surface area (Å²) >= 11 is 6.63. The molecule has 1 aliphatic heterocycles. The predicted molar refractivity (Wildman–Crippen MR) is 99.2 cm³/mol. The van der Waals surface area contributed by atoms with Gasteiger partial charge in [0.1, 0.15) is 5.25 Å². The van der Waals surface area contributed by atoms with Gasteiger partial charge in [0.2, 0.25) is 5.91 Å². The van der Waals surface area contributed by atoms with Crippen LogP contribution < -0.4 is 0 Å². The number of carbonyl (C=O) groups excluding carboxylic acids is 2. The Morgan fingerprint density at radius 3 is 2.83 bits per heavy atom. The molecule has 0 unspecified atom stereocenters. The Labute approximate surface area is 153 Å². The normalized spacial score (nSPS) is 17.9. The number of benzene rings is 1. The van der Waals surface area contributed by atoms with Gasteiger partial charge in [-0.15, -0.1) is 23.5 Å². The first-order chi connectivity index (χ1) is 10.9. The summed E-state index contributed by atoms with van der Waals surface area (Å²) in [6.45, 7) is 5.21. The zero-order valence-electron chi connectivity index (χ0n) is 13.4. The molecule has 4 nitrogen and oxygen atoms in total. The van der Waals surface area contributed by atoms with Crippen molar-refractivity contribution in [3.05, 3.63) is 27.7 Å². The van der Waals surface area contributed by atoms with Crippen molar-refractivity contribution in [3.8, 4) is 0 Å². The van der Waals surface area contributed by atoms with Crippen LogP contribution in [0.2, 0.25) is 0 Å². The van der Waals surface area contributed by atoms with Crippen LogP contribution in [0.15, 0.2) is 21.5 Å². The summed E-state index contributed by atoms with van der Waals surface area (Å²) < 4.78 is 5.86. The number of nitrogens with zero attached hydrogens (tertiary/aromatic N) is 1. The van der Waals surface area contributed by atoms with Crippen LogP contribution in [0.3, 0.4) is 0 Å². The first-order valence-corrected chi connectivity index (χ1v) is 10.1. The Hall–Kier alpha value is -0.660. The van der Waals surface area contributed by atoms with Gasteiger partial charge in [-0.2, -0.15) is 0 Å². The lowest BCUT2D eigenvalue weighted by Crippen LogP contribution is -2.45. The first-order valence-electron chi connectivity index (χ1n) is 7.29. The lowest BCUT2D eigenvalue weighted by molar-refractivity contribution is -0.141. The van der Waals surface area contributed by atoms with Gasteiger partial charge < -0.3 is 9.64 Å². The van der Waals surface area contributed by atoms with Crippen molar-refractivity contribution in [1.29, 1.82) is 0 Å². The Morgan fingerprint density at radius 2 is 2.13 bits per heavy atom. The van der Waals surface area contributed by atoms with Crippen molar-refractivity contribution < 1.29 is 14.3 Å². The maximum absolute atomic E-state index is 12.4. The van der Waals surface area contributed by atoms with Crippen molar-refractivity contribution in [2.45, 2.75) is 24.0 Å². The maximum atomic E-state index is 12.4. The highest BCUT2D eigenvalue weighted by atomic mass is 79.9. The average Bonchev–Trinajstić information content (AvgIpc) is 2.56. The molecule has 1 fully saturated rings. The third kappa shape index (κ3) is 4.90. The number of esters is 1. The van der Waals surface area contributed by atoms with E-state index in [-0.39, 0.29) is 17.1 Å². The molecule has 0 saturated carbocycles. The minimum atomic E-state index is -0.264. The van der Waals surface area contributed by atoms with Crippen molar-refractivity contribution in [2.24, 2.45) is 0 Å². The second-order valence-corrected chi connectivity index (χ2v) is 8.56. The summed E-state index contributed by atoms with van der Waals surface area (Å²) in [7, 11) is 1.39. The van der Waals surface area contributed by atoms with Crippen LogP contribution in [0.5, 0.6) is 0 Å². The van der Waals surface area contributed by atoms with E-state index in [0.29, 0.717) is 18.8 Å². The minimum absolute atomic E-state index is 0.0733. The van der Waals surface area contributed by atoms with Crippen LogP contribution in [-0.4, -0.2) is 53.7 Å². The summed E-state index contributed by atoms with van der Waals surface area (Å²) in [6, 6.07) is 4.17. The van der Waals surface area contributed by atoms with E-state index in [1.807, 2.05) is 13.8 Å². The lowest BCUT2D eigenvalue weighted by Gasteiger charge is -2.31. The summed E-state index contributed by atoms with van der Waals surface area (Å²) in [4.78, 5) is 27.0. The van der Waals surface area contributed by atoms with Crippen LogP contribution in [0.25, 0.3) is 0 Å². The molecule has 2 rings (SSSR count). The average molecular weight is 418 g/mol. The molecule has 23 heavy (non-hydrogen) atoms. The highest BCUT2D eigenvalue weighted by Gasteiger charge is 2.29. The molecule has 1 aromatic rings. The van der Waals surface area contributed by atoms with E-state index in [2.05, 4.69) is 28.1 Å². The van der Waals surface area contributed by atoms with Gasteiger partial charge in [0.25, 0.3) is 0 Å². The first kappa shape index (κ1) is 18.7. The number of rotatable bonds is 4. The molecule has 7 heteroatoms. The molecule has 0 bridgehead atoms. The number of amides is 1. The lowest BCUT2D eigenvalue weighted by atomic mass is 10.2. The Balaban J connectivity index is 1.94. The smallest absolute Gasteiger partial charge is 0.320 e. The van der Waals surface area contributed by atoms with Gasteiger partial charge in [-0.3, -0.25) is 9.59 Å². The number of hydrogen-bond donors (Lipinski definition) is 0. The van der Waals surface area contributed by atoms with E-state index in [0.717, 1.165) is 26.2 Å². The summed E-state index contributed by atoms with van der Waals surface area (Å²) in [5.74, 6) is 0.983. The van der Waals surface area contributed by atoms with E-state index in [1.54, 1.807) is 28.4 Å². The van der Waals surface area contributed by atoms with E-state index in [4.69, 9.17) is 4.74 Å². The molecule has 1 heterocycles. The molecule has 0 aliphatic carbocycles. The molecule has 0 N–H and O–H groups in total. The predicted octanol–water partition coefficient (Wildman–Crippen LogP) is 3.28. The molecular formula is C16H20BrNO3S2. The van der Waals surface area contributed by atoms with E-state index < -0.39 is 0 Å². The van der Waals surface area contributed by atoms with Gasteiger partial charge in [0.15, 0.2) is 0 Å². The van der Waals surface area contributed by atoms with Crippen LogP contribution in [0.1, 0.15) is 11.1 Å². The van der Waals surface area contributed by atoms with Crippen molar-refractivity contribution >= 4 is 51.3 Å².